The molecule has 1 unspecified atom stereocenters. The SMILES string of the molecule is CC1CCCCC1(c1c[nH]c2ccccc12)c1c[nH]c2ccccc12. The van der Waals surface area contributed by atoms with Crippen LogP contribution < -0.4 is 0 Å². The summed E-state index contributed by atoms with van der Waals surface area (Å²) < 4.78 is 0. The smallest absolute Gasteiger partial charge is 0.0457 e. The molecule has 2 heteroatoms. The summed E-state index contributed by atoms with van der Waals surface area (Å²) in [4.78, 5) is 7.06. The van der Waals surface area contributed by atoms with Crippen LogP contribution in [0.4, 0.5) is 0 Å². The van der Waals surface area contributed by atoms with Gasteiger partial charge in [0.1, 0.15) is 0 Å². The van der Waals surface area contributed by atoms with Crippen LogP contribution in [-0.4, -0.2) is 9.97 Å². The molecule has 25 heavy (non-hydrogen) atoms. The number of aromatic amines is 2. The van der Waals surface area contributed by atoms with Crippen molar-refractivity contribution in [2.24, 2.45) is 5.92 Å². The summed E-state index contributed by atoms with van der Waals surface area (Å²) in [6.07, 6.45) is 9.69. The number of H-pyrrole nitrogens is 2. The number of hydrogen-bond donors (Lipinski definition) is 2. The summed E-state index contributed by atoms with van der Waals surface area (Å²) in [5.41, 5.74) is 5.52. The second-order valence-corrected chi connectivity index (χ2v) is 7.61. The Bertz CT molecular complexity index is 962. The maximum atomic E-state index is 3.53. The molecule has 1 fully saturated rings. The minimum Gasteiger partial charge on any atom is -0.361 e. The van der Waals surface area contributed by atoms with Gasteiger partial charge in [0.05, 0.1) is 0 Å². The van der Waals surface area contributed by atoms with Crippen LogP contribution in [0.25, 0.3) is 21.8 Å². The van der Waals surface area contributed by atoms with Crippen LogP contribution in [0.5, 0.6) is 0 Å². The topological polar surface area (TPSA) is 31.6 Å². The lowest BCUT2D eigenvalue weighted by Gasteiger charge is -2.43. The summed E-state index contributed by atoms with van der Waals surface area (Å²) in [6, 6.07) is 17.5. The highest BCUT2D eigenvalue weighted by atomic mass is 14.7. The standard InChI is InChI=1S/C23H24N2/c1-16-8-6-7-13-23(16,19-14-24-21-11-4-2-9-17(19)21)20-15-25-22-12-5-3-10-18(20)22/h2-5,9-12,14-16,24-25H,6-8,13H2,1H3. The average molecular weight is 328 g/mol. The van der Waals surface area contributed by atoms with Crippen LogP contribution in [0.3, 0.4) is 0 Å². The molecular formula is C23H24N2. The van der Waals surface area contributed by atoms with Crippen molar-refractivity contribution in [2.45, 2.75) is 38.0 Å². The summed E-state index contributed by atoms with van der Waals surface area (Å²) in [6.45, 7) is 2.45. The summed E-state index contributed by atoms with van der Waals surface area (Å²) >= 11 is 0. The molecular weight excluding hydrogens is 304 g/mol. The van der Waals surface area contributed by atoms with Gasteiger partial charge in [0.25, 0.3) is 0 Å². The third-order valence-electron chi connectivity index (χ3n) is 6.44. The molecule has 2 aromatic carbocycles. The van der Waals surface area contributed by atoms with E-state index in [-0.39, 0.29) is 5.41 Å². The lowest BCUT2D eigenvalue weighted by atomic mass is 9.59. The first kappa shape index (κ1) is 14.8. The maximum Gasteiger partial charge on any atom is 0.0457 e. The second kappa shape index (κ2) is 5.52. The molecule has 0 aliphatic heterocycles. The fourth-order valence-electron chi connectivity index (χ4n) is 5.17. The van der Waals surface area contributed by atoms with E-state index in [1.54, 1.807) is 0 Å². The number of rotatable bonds is 2. The van der Waals surface area contributed by atoms with E-state index in [0.29, 0.717) is 5.92 Å². The van der Waals surface area contributed by atoms with Gasteiger partial charge in [-0.25, -0.2) is 0 Å². The molecule has 0 amide bonds. The Morgan fingerprint density at radius 3 is 1.92 bits per heavy atom. The lowest BCUT2D eigenvalue weighted by molar-refractivity contribution is 0.247. The first-order valence-electron chi connectivity index (χ1n) is 9.44. The van der Waals surface area contributed by atoms with E-state index in [1.165, 1.54) is 58.6 Å². The number of benzene rings is 2. The van der Waals surface area contributed by atoms with Gasteiger partial charge in [-0.3, -0.25) is 0 Å². The Labute approximate surface area is 148 Å². The molecule has 1 atom stereocenters. The molecule has 0 spiro atoms. The second-order valence-electron chi connectivity index (χ2n) is 7.61. The lowest BCUT2D eigenvalue weighted by Crippen LogP contribution is -2.37. The molecule has 1 saturated carbocycles. The van der Waals surface area contributed by atoms with Gasteiger partial charge < -0.3 is 9.97 Å². The predicted octanol–water partition coefficient (Wildman–Crippen LogP) is 6.15. The third-order valence-corrected chi connectivity index (χ3v) is 6.44. The van der Waals surface area contributed by atoms with Crippen LogP contribution in [0.1, 0.15) is 43.7 Å². The quantitative estimate of drug-likeness (QED) is 0.442. The van der Waals surface area contributed by atoms with Crippen molar-refractivity contribution in [1.82, 2.24) is 9.97 Å². The molecule has 2 heterocycles. The molecule has 4 aromatic rings. The van der Waals surface area contributed by atoms with Crippen molar-refractivity contribution in [3.63, 3.8) is 0 Å². The van der Waals surface area contributed by atoms with E-state index in [0.717, 1.165) is 0 Å². The molecule has 1 aliphatic carbocycles. The van der Waals surface area contributed by atoms with E-state index in [2.05, 4.69) is 77.8 Å². The van der Waals surface area contributed by atoms with Crippen molar-refractivity contribution >= 4 is 21.8 Å². The van der Waals surface area contributed by atoms with E-state index in [9.17, 15) is 0 Å². The third kappa shape index (κ3) is 2.03. The molecule has 5 rings (SSSR count). The molecule has 2 nitrogen and oxygen atoms in total. The molecule has 0 saturated heterocycles. The number of fused-ring (bicyclic) bond motifs is 2. The minimum absolute atomic E-state index is 0.0808. The van der Waals surface area contributed by atoms with Gasteiger partial charge in [-0.1, -0.05) is 56.2 Å². The normalized spacial score (nSPS) is 20.3. The van der Waals surface area contributed by atoms with Crippen LogP contribution >= 0.6 is 0 Å². The van der Waals surface area contributed by atoms with Crippen LogP contribution in [0.2, 0.25) is 0 Å². The molecule has 0 bridgehead atoms. The zero-order valence-corrected chi connectivity index (χ0v) is 14.7. The van der Waals surface area contributed by atoms with E-state index >= 15 is 0 Å². The summed E-state index contributed by atoms with van der Waals surface area (Å²) in [5, 5.41) is 2.75. The van der Waals surface area contributed by atoms with Gasteiger partial charge in [-0.2, -0.15) is 0 Å². The number of hydrogen-bond acceptors (Lipinski definition) is 0. The molecule has 2 aromatic heterocycles. The Balaban J connectivity index is 1.84. The fourth-order valence-corrected chi connectivity index (χ4v) is 5.17. The highest BCUT2D eigenvalue weighted by Gasteiger charge is 2.44. The first-order chi connectivity index (χ1) is 12.3. The van der Waals surface area contributed by atoms with Gasteiger partial charge in [-0.05, 0) is 42.0 Å². The highest BCUT2D eigenvalue weighted by Crippen LogP contribution is 2.52. The zero-order chi connectivity index (χ0) is 16.9. The van der Waals surface area contributed by atoms with Gasteiger partial charge >= 0.3 is 0 Å². The maximum absolute atomic E-state index is 3.53. The fraction of sp³-hybridized carbons (Fsp3) is 0.304. The summed E-state index contributed by atoms with van der Waals surface area (Å²) in [5.74, 6) is 0.625. The van der Waals surface area contributed by atoms with Gasteiger partial charge in [0.2, 0.25) is 0 Å². The monoisotopic (exact) mass is 328 g/mol. The van der Waals surface area contributed by atoms with Crippen molar-refractivity contribution in [1.29, 1.82) is 0 Å². The van der Waals surface area contributed by atoms with Crippen molar-refractivity contribution in [3.05, 3.63) is 72.1 Å². The minimum atomic E-state index is 0.0808. The Morgan fingerprint density at radius 1 is 0.800 bits per heavy atom. The molecule has 0 radical (unpaired) electrons. The Hall–Kier alpha value is -2.48. The van der Waals surface area contributed by atoms with Gasteiger partial charge in [0.15, 0.2) is 0 Å². The Morgan fingerprint density at radius 2 is 1.36 bits per heavy atom. The highest BCUT2D eigenvalue weighted by molar-refractivity contribution is 5.89. The molecule has 126 valence electrons. The number of aromatic nitrogens is 2. The first-order valence-corrected chi connectivity index (χ1v) is 9.44. The average Bonchev–Trinajstić information content (AvgIpc) is 3.27. The van der Waals surface area contributed by atoms with Crippen LogP contribution in [-0.2, 0) is 5.41 Å². The van der Waals surface area contributed by atoms with Gasteiger partial charge in [-0.15, -0.1) is 0 Å². The number of nitrogens with one attached hydrogen (secondary N) is 2. The van der Waals surface area contributed by atoms with Crippen LogP contribution in [0.15, 0.2) is 60.9 Å². The number of para-hydroxylation sites is 2. The zero-order valence-electron chi connectivity index (χ0n) is 14.7. The van der Waals surface area contributed by atoms with E-state index < -0.39 is 0 Å². The van der Waals surface area contributed by atoms with Crippen molar-refractivity contribution in [3.8, 4) is 0 Å². The molecule has 2 N–H and O–H groups in total. The van der Waals surface area contributed by atoms with E-state index in [1.807, 2.05) is 0 Å². The van der Waals surface area contributed by atoms with Gasteiger partial charge in [0, 0.05) is 39.6 Å². The van der Waals surface area contributed by atoms with Crippen molar-refractivity contribution < 1.29 is 0 Å². The molecule has 1 aliphatic rings. The van der Waals surface area contributed by atoms with Crippen molar-refractivity contribution in [2.75, 3.05) is 0 Å². The van der Waals surface area contributed by atoms with E-state index in [4.69, 9.17) is 0 Å². The largest absolute Gasteiger partial charge is 0.361 e. The Kier molecular flexibility index (Phi) is 3.27. The predicted molar refractivity (Wildman–Crippen MR) is 105 cm³/mol. The summed E-state index contributed by atoms with van der Waals surface area (Å²) in [7, 11) is 0. The van der Waals surface area contributed by atoms with Crippen LogP contribution in [0, 0.1) is 5.92 Å².